The maximum atomic E-state index is 6.20. The number of benzene rings is 1. The highest BCUT2D eigenvalue weighted by Gasteiger charge is 2.28. The van der Waals surface area contributed by atoms with Crippen molar-refractivity contribution in [2.75, 3.05) is 37.7 Å². The zero-order chi connectivity index (χ0) is 23.0. The Balaban J connectivity index is 0.00000324. The van der Waals surface area contributed by atoms with Crippen LogP contribution in [0.3, 0.4) is 0 Å². The summed E-state index contributed by atoms with van der Waals surface area (Å²) in [5.74, 6) is 2.42. The van der Waals surface area contributed by atoms with Gasteiger partial charge in [-0.3, -0.25) is 4.99 Å². The van der Waals surface area contributed by atoms with Crippen molar-refractivity contribution >= 4 is 35.8 Å². The fraction of sp³-hybridized carbons (Fsp3) is 0.556. The first-order valence-electron chi connectivity index (χ1n) is 12.5. The lowest BCUT2D eigenvalue weighted by Gasteiger charge is -2.34. The van der Waals surface area contributed by atoms with Gasteiger partial charge >= 0.3 is 0 Å². The first-order chi connectivity index (χ1) is 16.1. The van der Waals surface area contributed by atoms with E-state index in [9.17, 15) is 0 Å². The summed E-state index contributed by atoms with van der Waals surface area (Å²) in [6.45, 7) is 10.8. The Bertz CT molecular complexity index is 894. The third-order valence-corrected chi connectivity index (χ3v) is 6.73. The SMILES string of the molecule is CCNC(=NCC1CCCOC1c1ccc(C)cc1)NC1CCN(c2ccc(C)cn2)CC1.I. The number of piperidine rings is 1. The van der Waals surface area contributed by atoms with E-state index in [0.717, 1.165) is 70.2 Å². The number of aliphatic imine (C=N–C) groups is 1. The quantitative estimate of drug-likeness (QED) is 0.287. The van der Waals surface area contributed by atoms with E-state index < -0.39 is 0 Å². The molecule has 0 saturated carbocycles. The molecule has 2 aromatic rings. The average molecular weight is 578 g/mol. The third kappa shape index (κ3) is 7.31. The maximum Gasteiger partial charge on any atom is 0.191 e. The van der Waals surface area contributed by atoms with Gasteiger partial charge in [0.25, 0.3) is 0 Å². The number of pyridine rings is 1. The van der Waals surface area contributed by atoms with Crippen LogP contribution in [0.2, 0.25) is 0 Å². The van der Waals surface area contributed by atoms with Gasteiger partial charge in [-0.05, 0) is 63.6 Å². The Morgan fingerprint density at radius 3 is 2.47 bits per heavy atom. The molecule has 1 aromatic heterocycles. The van der Waals surface area contributed by atoms with Gasteiger partial charge in [0.05, 0.1) is 6.10 Å². The van der Waals surface area contributed by atoms with Gasteiger partial charge in [0.15, 0.2) is 5.96 Å². The molecular formula is C27H40IN5O. The fourth-order valence-electron chi connectivity index (χ4n) is 4.78. The number of guanidine groups is 1. The molecule has 0 spiro atoms. The molecule has 0 amide bonds. The molecule has 4 rings (SSSR count). The first kappa shape index (κ1) is 26.7. The number of rotatable bonds is 6. The van der Waals surface area contributed by atoms with Crippen LogP contribution in [-0.2, 0) is 4.74 Å². The van der Waals surface area contributed by atoms with E-state index in [0.29, 0.717) is 12.0 Å². The molecule has 186 valence electrons. The molecule has 2 saturated heterocycles. The summed E-state index contributed by atoms with van der Waals surface area (Å²) in [4.78, 5) is 12.0. The van der Waals surface area contributed by atoms with E-state index >= 15 is 0 Å². The van der Waals surface area contributed by atoms with Gasteiger partial charge in [-0.25, -0.2) is 4.98 Å². The van der Waals surface area contributed by atoms with Gasteiger partial charge in [0.1, 0.15) is 5.82 Å². The largest absolute Gasteiger partial charge is 0.373 e. The molecule has 2 unspecified atom stereocenters. The number of halogens is 1. The second-order valence-electron chi connectivity index (χ2n) is 9.42. The highest BCUT2D eigenvalue weighted by Crippen LogP contribution is 2.34. The lowest BCUT2D eigenvalue weighted by molar-refractivity contribution is -0.0250. The standard InChI is InChI=1S/C27H39N5O.HI/c1-4-28-27(31-24-13-15-32(16-14-24)25-12-9-21(3)18-29-25)30-19-23-6-5-17-33-26(23)22-10-7-20(2)8-11-22;/h7-12,18,23-24,26H,4-6,13-17,19H2,1-3H3,(H2,28,30,31);1H. The van der Waals surface area contributed by atoms with Gasteiger partial charge in [-0.1, -0.05) is 35.9 Å². The average Bonchev–Trinajstić information content (AvgIpc) is 2.84. The predicted octanol–water partition coefficient (Wildman–Crippen LogP) is 5.01. The molecule has 2 aliphatic heterocycles. The van der Waals surface area contributed by atoms with Gasteiger partial charge in [0, 0.05) is 50.9 Å². The van der Waals surface area contributed by atoms with Crippen molar-refractivity contribution in [1.29, 1.82) is 0 Å². The molecule has 34 heavy (non-hydrogen) atoms. The molecule has 0 bridgehead atoms. The number of hydrogen-bond donors (Lipinski definition) is 2. The van der Waals surface area contributed by atoms with Crippen molar-refractivity contribution in [3.05, 3.63) is 59.3 Å². The highest BCUT2D eigenvalue weighted by molar-refractivity contribution is 14.0. The molecule has 3 heterocycles. The molecule has 2 aliphatic rings. The van der Waals surface area contributed by atoms with Crippen molar-refractivity contribution in [3.63, 3.8) is 0 Å². The number of anilines is 1. The van der Waals surface area contributed by atoms with Crippen molar-refractivity contribution in [3.8, 4) is 0 Å². The summed E-state index contributed by atoms with van der Waals surface area (Å²) in [7, 11) is 0. The number of hydrogen-bond acceptors (Lipinski definition) is 4. The molecule has 7 heteroatoms. The zero-order valence-corrected chi connectivity index (χ0v) is 23.1. The molecule has 0 radical (unpaired) electrons. The summed E-state index contributed by atoms with van der Waals surface area (Å²) >= 11 is 0. The van der Waals surface area contributed by atoms with Gasteiger partial charge in [-0.15, -0.1) is 24.0 Å². The minimum absolute atomic E-state index is 0. The predicted molar refractivity (Wildman–Crippen MR) is 151 cm³/mol. The fourth-order valence-corrected chi connectivity index (χ4v) is 4.78. The second-order valence-corrected chi connectivity index (χ2v) is 9.42. The molecule has 2 N–H and O–H groups in total. The summed E-state index contributed by atoms with van der Waals surface area (Å²) in [6.07, 6.45) is 6.52. The van der Waals surface area contributed by atoms with Gasteiger partial charge in [0.2, 0.25) is 0 Å². The van der Waals surface area contributed by atoms with Crippen LogP contribution < -0.4 is 15.5 Å². The van der Waals surface area contributed by atoms with Crippen LogP contribution in [0.4, 0.5) is 5.82 Å². The Morgan fingerprint density at radius 1 is 1.06 bits per heavy atom. The minimum atomic E-state index is 0. The van der Waals surface area contributed by atoms with Crippen molar-refractivity contribution < 1.29 is 4.74 Å². The number of nitrogens with zero attached hydrogens (tertiary/aromatic N) is 3. The molecule has 2 fully saturated rings. The number of nitrogens with one attached hydrogen (secondary N) is 2. The highest BCUT2D eigenvalue weighted by atomic mass is 127. The zero-order valence-electron chi connectivity index (χ0n) is 20.8. The van der Waals surface area contributed by atoms with E-state index in [2.05, 4.69) is 77.7 Å². The summed E-state index contributed by atoms with van der Waals surface area (Å²) < 4.78 is 6.20. The van der Waals surface area contributed by atoms with Crippen LogP contribution in [0.1, 0.15) is 55.4 Å². The van der Waals surface area contributed by atoms with Crippen LogP contribution in [0.25, 0.3) is 0 Å². The van der Waals surface area contributed by atoms with Gasteiger partial charge in [-0.2, -0.15) is 0 Å². The van der Waals surface area contributed by atoms with Crippen LogP contribution >= 0.6 is 24.0 Å². The Kier molecular flexibility index (Phi) is 10.4. The molecule has 2 atom stereocenters. The van der Waals surface area contributed by atoms with E-state index in [1.165, 1.54) is 16.7 Å². The normalized spacial score (nSPS) is 21.6. The number of aryl methyl sites for hydroxylation is 2. The van der Waals surface area contributed by atoms with Crippen molar-refractivity contribution in [1.82, 2.24) is 15.6 Å². The third-order valence-electron chi connectivity index (χ3n) is 6.73. The lowest BCUT2D eigenvalue weighted by Crippen LogP contribution is -2.49. The van der Waals surface area contributed by atoms with E-state index in [4.69, 9.17) is 9.73 Å². The number of aromatic nitrogens is 1. The Labute approximate surface area is 222 Å². The lowest BCUT2D eigenvalue weighted by atomic mass is 9.89. The van der Waals surface area contributed by atoms with Crippen LogP contribution in [0.5, 0.6) is 0 Å². The van der Waals surface area contributed by atoms with Crippen LogP contribution in [-0.4, -0.2) is 49.8 Å². The van der Waals surface area contributed by atoms with E-state index in [-0.39, 0.29) is 30.1 Å². The van der Waals surface area contributed by atoms with Crippen LogP contribution in [0.15, 0.2) is 47.6 Å². The molecular weight excluding hydrogens is 537 g/mol. The van der Waals surface area contributed by atoms with Crippen molar-refractivity contribution in [2.45, 2.75) is 58.6 Å². The maximum absolute atomic E-state index is 6.20. The molecule has 6 nitrogen and oxygen atoms in total. The topological polar surface area (TPSA) is 61.8 Å². The van der Waals surface area contributed by atoms with Crippen LogP contribution in [0, 0.1) is 19.8 Å². The monoisotopic (exact) mass is 577 g/mol. The summed E-state index contributed by atoms with van der Waals surface area (Å²) in [5.41, 5.74) is 3.76. The Morgan fingerprint density at radius 2 is 1.79 bits per heavy atom. The minimum Gasteiger partial charge on any atom is -0.373 e. The van der Waals surface area contributed by atoms with Gasteiger partial charge < -0.3 is 20.3 Å². The van der Waals surface area contributed by atoms with Crippen molar-refractivity contribution in [2.24, 2.45) is 10.9 Å². The summed E-state index contributed by atoms with van der Waals surface area (Å²) in [6, 6.07) is 13.5. The molecule has 1 aromatic carbocycles. The van der Waals surface area contributed by atoms with E-state index in [1.54, 1.807) is 0 Å². The second kappa shape index (κ2) is 13.3. The number of ether oxygens (including phenoxy) is 1. The smallest absolute Gasteiger partial charge is 0.191 e. The Hall–Kier alpha value is -1.87. The first-order valence-corrected chi connectivity index (χ1v) is 12.5. The van der Waals surface area contributed by atoms with E-state index in [1.807, 2.05) is 6.20 Å². The summed E-state index contributed by atoms with van der Waals surface area (Å²) in [5, 5.41) is 7.14. The molecule has 0 aliphatic carbocycles.